The number of nitrogens with zero attached hydrogens (tertiary/aromatic N) is 1. The molecular weight excluding hydrogens is 1050 g/mol. The molecule has 0 N–H and O–H groups in total. The molecule has 0 heterocycles. The van der Waals surface area contributed by atoms with Gasteiger partial charge < -0.3 is 33.3 Å². The summed E-state index contributed by atoms with van der Waals surface area (Å²) < 4.78 is 22.8. The predicted molar refractivity (Wildman–Crippen MR) is 361 cm³/mol. The highest BCUT2D eigenvalue weighted by molar-refractivity contribution is 5.70. The second-order valence-electron chi connectivity index (χ2n) is 24.1. The third-order valence-electron chi connectivity index (χ3n) is 14.7. The van der Waals surface area contributed by atoms with E-state index in [0.717, 1.165) is 109 Å². The number of esters is 2. The van der Waals surface area contributed by atoms with Gasteiger partial charge >= 0.3 is 11.9 Å². The lowest BCUT2D eigenvalue weighted by Gasteiger charge is -2.26. The first-order valence-corrected chi connectivity index (χ1v) is 34.7. The molecule has 0 bridgehead atoms. The van der Waals surface area contributed by atoms with Crippen LogP contribution in [0.1, 0.15) is 284 Å². The number of rotatable bonds is 63. The van der Waals surface area contributed by atoms with Crippen LogP contribution in [0.2, 0.25) is 0 Å². The summed E-state index contributed by atoms with van der Waals surface area (Å²) in [5.74, 6) is -2.30. The molecule has 9 nitrogen and oxygen atoms in total. The fourth-order valence-electron chi connectivity index (χ4n) is 9.41. The quantitative estimate of drug-likeness (QED) is 0.0195. The smallest absolute Gasteiger partial charge is 0.306 e. The van der Waals surface area contributed by atoms with Crippen LogP contribution in [0, 0.1) is 0 Å². The predicted octanol–water partition coefficient (Wildman–Crippen LogP) is 20.2. The van der Waals surface area contributed by atoms with Crippen molar-refractivity contribution >= 4 is 17.9 Å². The molecule has 2 atom stereocenters. The lowest BCUT2D eigenvalue weighted by atomic mass is 10.0. The number of ether oxygens (including phenoxy) is 4. The normalized spacial score (nSPS) is 13.5. The summed E-state index contributed by atoms with van der Waals surface area (Å²) in [6.45, 7) is 4.60. The number of carboxylic acid groups (broad SMARTS) is 1. The van der Waals surface area contributed by atoms with E-state index in [2.05, 4.69) is 135 Å². The SMILES string of the molecule is CC/C=C\C/C=C\C/C=C\C/C=C\C/C=C\C/C=C\C/C=C\CCCCCCCCCCCCCCCCCCCCCC(=O)OC(COC(=O)CCCCCCCC/C=C\C/C=C\C/C=C\CCCCC)COC(OCC[N+](C)(C)C)C(=O)[O-]. The van der Waals surface area contributed by atoms with Gasteiger partial charge in [0, 0.05) is 12.8 Å². The van der Waals surface area contributed by atoms with Crippen molar-refractivity contribution in [1.29, 1.82) is 0 Å². The van der Waals surface area contributed by atoms with E-state index < -0.39 is 24.3 Å². The van der Waals surface area contributed by atoms with Crippen LogP contribution in [0.4, 0.5) is 0 Å². The van der Waals surface area contributed by atoms with E-state index in [-0.39, 0.29) is 38.6 Å². The molecule has 0 aliphatic carbocycles. The van der Waals surface area contributed by atoms with Gasteiger partial charge in [0.1, 0.15) is 13.2 Å². The molecule has 0 fully saturated rings. The molecule has 0 amide bonds. The van der Waals surface area contributed by atoms with Gasteiger partial charge in [-0.05, 0) is 109 Å². The van der Waals surface area contributed by atoms with Crippen LogP contribution < -0.4 is 5.11 Å². The standard InChI is InChI=1S/C76H129NO8/c1-6-8-10-12-14-16-18-20-22-24-26-27-28-29-30-31-32-33-34-35-36-37-38-39-40-41-42-43-44-45-46-47-49-51-53-55-57-59-61-63-65-67-74(79)85-72(71-84-76(75(80)81)82-69-68-77(3,4)5)70-83-73(78)66-64-62-60-58-56-54-52-50-48-25-23-21-19-17-15-13-11-9-7-2/h8,10,14-17,20-23,26-27,29-30,32-33,35-36,48,50,72,76H,6-7,9,11-13,18-19,24-25,28,31,34,37-47,49,51-71H2,1-5H3/b10-8-,16-14-,17-15-,22-20-,23-21-,27-26-,30-29-,33-32-,36-35-,50-48-. The lowest BCUT2D eigenvalue weighted by molar-refractivity contribution is -0.870. The largest absolute Gasteiger partial charge is 0.545 e. The first kappa shape index (κ1) is 80.7. The van der Waals surface area contributed by atoms with Gasteiger partial charge in [0.15, 0.2) is 12.4 Å². The Hall–Kier alpha value is -4.31. The van der Waals surface area contributed by atoms with E-state index in [1.165, 1.54) is 141 Å². The molecule has 0 saturated heterocycles. The monoisotopic (exact) mass is 1180 g/mol. The molecule has 9 heteroatoms. The van der Waals surface area contributed by atoms with Crippen LogP contribution in [0.3, 0.4) is 0 Å². The molecule has 486 valence electrons. The highest BCUT2D eigenvalue weighted by atomic mass is 16.7. The Labute approximate surface area is 523 Å². The van der Waals surface area contributed by atoms with E-state index in [4.69, 9.17) is 18.9 Å². The minimum absolute atomic E-state index is 0.142. The zero-order valence-corrected chi connectivity index (χ0v) is 55.4. The van der Waals surface area contributed by atoms with Crippen molar-refractivity contribution < 1.29 is 42.9 Å². The maximum atomic E-state index is 12.9. The van der Waals surface area contributed by atoms with E-state index in [9.17, 15) is 19.5 Å². The van der Waals surface area contributed by atoms with Gasteiger partial charge in [-0.15, -0.1) is 0 Å². The minimum atomic E-state index is -1.63. The third kappa shape index (κ3) is 67.1. The van der Waals surface area contributed by atoms with E-state index in [1.54, 1.807) is 0 Å². The molecule has 0 saturated carbocycles. The molecule has 2 unspecified atom stereocenters. The molecule has 0 aromatic carbocycles. The number of carbonyl (C=O) groups is 3. The summed E-state index contributed by atoms with van der Waals surface area (Å²) in [5.41, 5.74) is 0. The molecule has 0 aromatic rings. The number of carbonyl (C=O) groups excluding carboxylic acids is 3. The number of hydrogen-bond acceptors (Lipinski definition) is 8. The zero-order chi connectivity index (χ0) is 61.9. The average Bonchev–Trinajstić information content (AvgIpc) is 3.49. The summed E-state index contributed by atoms with van der Waals surface area (Å²) >= 11 is 0. The Balaban J connectivity index is 4.05. The van der Waals surface area contributed by atoms with Crippen molar-refractivity contribution in [3.05, 3.63) is 122 Å². The van der Waals surface area contributed by atoms with Crippen molar-refractivity contribution in [3.8, 4) is 0 Å². The highest BCUT2D eigenvalue weighted by Crippen LogP contribution is 2.17. The summed E-state index contributed by atoms with van der Waals surface area (Å²) in [5, 5.41) is 11.8. The second-order valence-corrected chi connectivity index (χ2v) is 24.1. The minimum Gasteiger partial charge on any atom is -0.545 e. The van der Waals surface area contributed by atoms with E-state index in [0.29, 0.717) is 17.4 Å². The lowest BCUT2D eigenvalue weighted by Crippen LogP contribution is -2.44. The molecule has 0 aliphatic heterocycles. The number of carboxylic acids is 1. The molecule has 85 heavy (non-hydrogen) atoms. The van der Waals surface area contributed by atoms with Gasteiger partial charge in [-0.3, -0.25) is 9.59 Å². The fraction of sp³-hybridized carbons (Fsp3) is 0.697. The Kier molecular flexibility index (Phi) is 62.3. The van der Waals surface area contributed by atoms with Gasteiger partial charge in [0.05, 0.1) is 40.3 Å². The number of unbranched alkanes of at least 4 members (excludes halogenated alkanes) is 28. The maximum Gasteiger partial charge on any atom is 0.306 e. The number of likely N-dealkylation sites (N-methyl/N-ethyl adjacent to an activating group) is 1. The molecule has 0 rings (SSSR count). The Morgan fingerprint density at radius 1 is 0.365 bits per heavy atom. The van der Waals surface area contributed by atoms with Crippen LogP contribution in [-0.2, 0) is 33.3 Å². The zero-order valence-electron chi connectivity index (χ0n) is 55.4. The van der Waals surface area contributed by atoms with Crippen molar-refractivity contribution in [3.63, 3.8) is 0 Å². The number of hydrogen-bond donors (Lipinski definition) is 0. The molecule has 0 aliphatic rings. The van der Waals surface area contributed by atoms with Crippen LogP contribution in [0.5, 0.6) is 0 Å². The second kappa shape index (κ2) is 65.7. The summed E-state index contributed by atoms with van der Waals surface area (Å²) in [6, 6.07) is 0. The summed E-state index contributed by atoms with van der Waals surface area (Å²) in [4.78, 5) is 37.4. The highest BCUT2D eigenvalue weighted by Gasteiger charge is 2.22. The van der Waals surface area contributed by atoms with Gasteiger partial charge in [-0.2, -0.15) is 0 Å². The van der Waals surface area contributed by atoms with Crippen LogP contribution in [-0.4, -0.2) is 82.3 Å². The van der Waals surface area contributed by atoms with E-state index in [1.807, 2.05) is 21.1 Å². The topological polar surface area (TPSA) is 111 Å². The Bertz CT molecular complexity index is 1810. The van der Waals surface area contributed by atoms with E-state index >= 15 is 0 Å². The van der Waals surface area contributed by atoms with Crippen LogP contribution >= 0.6 is 0 Å². The Morgan fingerprint density at radius 2 is 0.671 bits per heavy atom. The number of aliphatic carboxylic acids is 1. The van der Waals surface area contributed by atoms with Gasteiger partial charge in [-0.1, -0.05) is 283 Å². The van der Waals surface area contributed by atoms with Crippen molar-refractivity contribution in [2.24, 2.45) is 0 Å². The summed E-state index contributed by atoms with van der Waals surface area (Å²) in [7, 11) is 5.92. The van der Waals surface area contributed by atoms with Gasteiger partial charge in [0.25, 0.3) is 0 Å². The fourth-order valence-corrected chi connectivity index (χ4v) is 9.41. The third-order valence-corrected chi connectivity index (χ3v) is 14.7. The average molecular weight is 1180 g/mol. The molecule has 0 spiro atoms. The first-order valence-electron chi connectivity index (χ1n) is 34.7. The van der Waals surface area contributed by atoms with Crippen LogP contribution in [0.25, 0.3) is 0 Å². The number of quaternary nitrogens is 1. The maximum absolute atomic E-state index is 12.9. The van der Waals surface area contributed by atoms with Crippen molar-refractivity contribution in [2.45, 2.75) is 296 Å². The Morgan fingerprint density at radius 3 is 1.00 bits per heavy atom. The van der Waals surface area contributed by atoms with Crippen LogP contribution in [0.15, 0.2) is 122 Å². The molecular formula is C76H129NO8. The van der Waals surface area contributed by atoms with Gasteiger partial charge in [0.2, 0.25) is 0 Å². The van der Waals surface area contributed by atoms with Gasteiger partial charge in [-0.25, -0.2) is 0 Å². The van der Waals surface area contributed by atoms with Crippen molar-refractivity contribution in [1.82, 2.24) is 0 Å². The van der Waals surface area contributed by atoms with Crippen molar-refractivity contribution in [2.75, 3.05) is 47.5 Å². The number of allylic oxidation sites excluding steroid dienone is 20. The summed E-state index contributed by atoms with van der Waals surface area (Å²) in [6.07, 6.45) is 90.0. The molecule has 0 aromatic heterocycles. The first-order chi connectivity index (χ1) is 41.6. The molecule has 0 radical (unpaired) electrons.